The van der Waals surface area contributed by atoms with Gasteiger partial charge in [-0.2, -0.15) is 0 Å². The Morgan fingerprint density at radius 1 is 1.33 bits per heavy atom. The Bertz CT molecular complexity index is 412. The van der Waals surface area contributed by atoms with Gasteiger partial charge in [0.1, 0.15) is 0 Å². The lowest BCUT2D eigenvalue weighted by Crippen LogP contribution is -2.32. The highest BCUT2D eigenvalue weighted by molar-refractivity contribution is 5.73. The minimum absolute atomic E-state index is 0.113. The van der Waals surface area contributed by atoms with Crippen LogP contribution in [0.3, 0.4) is 0 Å². The minimum atomic E-state index is -0.966. The number of methoxy groups -OCH3 is 1. The molecule has 0 radical (unpaired) electrons. The first-order valence-electron chi connectivity index (χ1n) is 6.06. The van der Waals surface area contributed by atoms with Crippen LogP contribution in [0.4, 0.5) is 0 Å². The van der Waals surface area contributed by atoms with Crippen LogP contribution < -0.4 is 9.47 Å². The summed E-state index contributed by atoms with van der Waals surface area (Å²) in [5.74, 6) is -0.0401. The molecular formula is C14H20O4. The number of aryl methyl sites for hydroxylation is 1. The zero-order chi connectivity index (χ0) is 13.7. The fourth-order valence-electron chi connectivity index (χ4n) is 1.64. The quantitative estimate of drug-likeness (QED) is 0.845. The molecular weight excluding hydrogens is 232 g/mol. The van der Waals surface area contributed by atoms with Gasteiger partial charge < -0.3 is 14.6 Å². The van der Waals surface area contributed by atoms with Gasteiger partial charge in [0.15, 0.2) is 17.6 Å². The van der Waals surface area contributed by atoms with Crippen LogP contribution in [0, 0.1) is 5.92 Å². The van der Waals surface area contributed by atoms with Crippen LogP contribution in [-0.2, 0) is 11.2 Å². The summed E-state index contributed by atoms with van der Waals surface area (Å²) in [5, 5.41) is 9.10. The van der Waals surface area contributed by atoms with Crippen LogP contribution in [0.15, 0.2) is 18.2 Å². The maximum atomic E-state index is 11.1. The third-order valence-electron chi connectivity index (χ3n) is 2.74. The van der Waals surface area contributed by atoms with Crippen molar-refractivity contribution in [2.75, 3.05) is 7.11 Å². The van der Waals surface area contributed by atoms with Gasteiger partial charge in [-0.1, -0.05) is 26.8 Å². The Morgan fingerprint density at radius 2 is 2.00 bits per heavy atom. The van der Waals surface area contributed by atoms with Crippen molar-refractivity contribution in [2.24, 2.45) is 5.92 Å². The zero-order valence-corrected chi connectivity index (χ0v) is 11.3. The highest BCUT2D eigenvalue weighted by Gasteiger charge is 2.24. The van der Waals surface area contributed by atoms with Crippen LogP contribution in [0.5, 0.6) is 11.5 Å². The molecule has 4 heteroatoms. The van der Waals surface area contributed by atoms with Crippen molar-refractivity contribution >= 4 is 5.97 Å². The van der Waals surface area contributed by atoms with Crippen LogP contribution in [-0.4, -0.2) is 24.3 Å². The Balaban J connectivity index is 2.98. The van der Waals surface area contributed by atoms with Crippen molar-refractivity contribution in [1.29, 1.82) is 0 Å². The van der Waals surface area contributed by atoms with Gasteiger partial charge >= 0.3 is 5.97 Å². The van der Waals surface area contributed by atoms with E-state index in [1.807, 2.05) is 32.9 Å². The Hall–Kier alpha value is -1.71. The summed E-state index contributed by atoms with van der Waals surface area (Å²) in [4.78, 5) is 11.1. The summed E-state index contributed by atoms with van der Waals surface area (Å²) in [6, 6.07) is 5.54. The van der Waals surface area contributed by atoms with Crippen LogP contribution >= 0.6 is 0 Å². The molecule has 1 aromatic rings. The van der Waals surface area contributed by atoms with Crippen LogP contribution in [0.2, 0.25) is 0 Å². The molecule has 18 heavy (non-hydrogen) atoms. The van der Waals surface area contributed by atoms with E-state index in [2.05, 4.69) is 0 Å². The third kappa shape index (κ3) is 3.39. The van der Waals surface area contributed by atoms with E-state index in [-0.39, 0.29) is 5.92 Å². The molecule has 1 unspecified atom stereocenters. The first kappa shape index (κ1) is 14.4. The number of carboxylic acids is 1. The molecule has 0 aliphatic heterocycles. The van der Waals surface area contributed by atoms with Crippen molar-refractivity contribution in [3.8, 4) is 11.5 Å². The molecule has 0 amide bonds. The molecule has 0 aromatic heterocycles. The second-order valence-electron chi connectivity index (χ2n) is 4.46. The molecule has 1 N–H and O–H groups in total. The van der Waals surface area contributed by atoms with Gasteiger partial charge in [0.05, 0.1) is 7.11 Å². The maximum absolute atomic E-state index is 11.1. The molecule has 0 spiro atoms. The van der Waals surface area contributed by atoms with Crippen molar-refractivity contribution in [2.45, 2.75) is 33.3 Å². The van der Waals surface area contributed by atoms with E-state index in [1.165, 1.54) is 0 Å². The molecule has 0 heterocycles. The summed E-state index contributed by atoms with van der Waals surface area (Å²) < 4.78 is 10.8. The van der Waals surface area contributed by atoms with Crippen molar-refractivity contribution in [3.05, 3.63) is 23.8 Å². The Labute approximate surface area is 108 Å². The van der Waals surface area contributed by atoms with Crippen LogP contribution in [0.1, 0.15) is 26.3 Å². The zero-order valence-electron chi connectivity index (χ0n) is 11.3. The summed E-state index contributed by atoms with van der Waals surface area (Å²) in [5.41, 5.74) is 1.12. The molecule has 1 atom stereocenters. The number of carbonyl (C=O) groups is 1. The van der Waals surface area contributed by atoms with Crippen molar-refractivity contribution in [3.63, 3.8) is 0 Å². The molecule has 0 saturated heterocycles. The second-order valence-corrected chi connectivity index (χ2v) is 4.46. The third-order valence-corrected chi connectivity index (χ3v) is 2.74. The van der Waals surface area contributed by atoms with Crippen LogP contribution in [0.25, 0.3) is 0 Å². The number of aliphatic carboxylic acids is 1. The molecule has 0 saturated carbocycles. The van der Waals surface area contributed by atoms with E-state index >= 15 is 0 Å². The van der Waals surface area contributed by atoms with E-state index in [0.717, 1.165) is 12.0 Å². The average molecular weight is 252 g/mol. The number of ether oxygens (including phenoxy) is 2. The summed E-state index contributed by atoms with van der Waals surface area (Å²) in [7, 11) is 1.55. The normalized spacial score (nSPS) is 12.3. The Kier molecular flexibility index (Phi) is 5.01. The predicted molar refractivity (Wildman–Crippen MR) is 69.3 cm³/mol. The molecule has 0 aliphatic carbocycles. The van der Waals surface area contributed by atoms with E-state index in [4.69, 9.17) is 14.6 Å². The average Bonchev–Trinajstić information content (AvgIpc) is 2.34. The molecule has 100 valence electrons. The van der Waals surface area contributed by atoms with Gasteiger partial charge in [-0.3, -0.25) is 0 Å². The van der Waals surface area contributed by atoms with E-state index in [0.29, 0.717) is 11.5 Å². The summed E-state index contributed by atoms with van der Waals surface area (Å²) >= 11 is 0. The van der Waals surface area contributed by atoms with E-state index < -0.39 is 12.1 Å². The lowest BCUT2D eigenvalue weighted by Gasteiger charge is -2.20. The van der Waals surface area contributed by atoms with Gasteiger partial charge in [0.25, 0.3) is 0 Å². The standard InChI is InChI=1S/C14H20O4/c1-5-10-6-7-11(12(8-10)17-4)18-13(9(2)3)14(15)16/h6-9,13H,5H2,1-4H3,(H,15,16). The number of rotatable bonds is 6. The van der Waals surface area contributed by atoms with Gasteiger partial charge in [-0.15, -0.1) is 0 Å². The largest absolute Gasteiger partial charge is 0.493 e. The van der Waals surface area contributed by atoms with Crippen molar-refractivity contribution in [1.82, 2.24) is 0 Å². The smallest absolute Gasteiger partial charge is 0.345 e. The number of carboxylic acid groups (broad SMARTS) is 1. The topological polar surface area (TPSA) is 55.8 Å². The van der Waals surface area contributed by atoms with Gasteiger partial charge in [-0.05, 0) is 24.1 Å². The van der Waals surface area contributed by atoms with E-state index in [1.54, 1.807) is 13.2 Å². The predicted octanol–water partition coefficient (Wildman–Crippen LogP) is 2.75. The highest BCUT2D eigenvalue weighted by Crippen LogP contribution is 2.30. The molecule has 0 aliphatic rings. The van der Waals surface area contributed by atoms with Gasteiger partial charge in [-0.25, -0.2) is 4.79 Å². The fraction of sp³-hybridized carbons (Fsp3) is 0.500. The lowest BCUT2D eigenvalue weighted by molar-refractivity contribution is -0.147. The first-order chi connectivity index (χ1) is 8.49. The fourth-order valence-corrected chi connectivity index (χ4v) is 1.64. The second kappa shape index (κ2) is 6.28. The number of benzene rings is 1. The molecule has 4 nitrogen and oxygen atoms in total. The highest BCUT2D eigenvalue weighted by atomic mass is 16.5. The molecule has 0 fully saturated rings. The maximum Gasteiger partial charge on any atom is 0.345 e. The number of hydrogen-bond acceptors (Lipinski definition) is 3. The summed E-state index contributed by atoms with van der Waals surface area (Å²) in [6.07, 6.45) is 0.0229. The van der Waals surface area contributed by atoms with Crippen molar-refractivity contribution < 1.29 is 19.4 Å². The van der Waals surface area contributed by atoms with Gasteiger partial charge in [0.2, 0.25) is 0 Å². The molecule has 1 aromatic carbocycles. The SMILES string of the molecule is CCc1ccc(OC(C(=O)O)C(C)C)c(OC)c1. The minimum Gasteiger partial charge on any atom is -0.493 e. The first-order valence-corrected chi connectivity index (χ1v) is 6.06. The Morgan fingerprint density at radius 3 is 2.44 bits per heavy atom. The lowest BCUT2D eigenvalue weighted by atomic mass is 10.1. The molecule has 1 rings (SSSR count). The van der Waals surface area contributed by atoms with E-state index in [9.17, 15) is 4.79 Å². The number of hydrogen-bond donors (Lipinski definition) is 1. The van der Waals surface area contributed by atoms with Gasteiger partial charge in [0, 0.05) is 5.92 Å². The molecule has 0 bridgehead atoms. The summed E-state index contributed by atoms with van der Waals surface area (Å²) in [6.45, 7) is 5.67. The monoisotopic (exact) mass is 252 g/mol.